The number of rotatable bonds is 4. The average molecular weight is 444 g/mol. The predicted octanol–water partition coefficient (Wildman–Crippen LogP) is 2.97. The van der Waals surface area contributed by atoms with E-state index in [1.165, 1.54) is 10.9 Å². The molecular weight excluding hydrogens is 418 g/mol. The van der Waals surface area contributed by atoms with Crippen LogP contribution in [0.1, 0.15) is 23.9 Å². The van der Waals surface area contributed by atoms with Gasteiger partial charge in [-0.05, 0) is 44.2 Å². The molecule has 7 nitrogen and oxygen atoms in total. The largest absolute Gasteiger partial charge is 0.347 e. The number of sulfonamides is 1. The van der Waals surface area contributed by atoms with Gasteiger partial charge in [0.25, 0.3) is 0 Å². The number of thiazole rings is 1. The van der Waals surface area contributed by atoms with Crippen molar-refractivity contribution in [1.82, 2.24) is 19.2 Å². The first-order valence-corrected chi connectivity index (χ1v) is 12.5. The van der Waals surface area contributed by atoms with E-state index in [-0.39, 0.29) is 10.9 Å². The first-order chi connectivity index (χ1) is 14.5. The summed E-state index contributed by atoms with van der Waals surface area (Å²) in [5.41, 5.74) is 1.03. The topological polar surface area (TPSA) is 69.6 Å². The number of benzene rings is 1. The molecule has 0 amide bonds. The van der Waals surface area contributed by atoms with Crippen molar-refractivity contribution in [3.05, 3.63) is 47.6 Å². The molecule has 0 saturated carbocycles. The quantitative estimate of drug-likeness (QED) is 0.618. The third-order valence-electron chi connectivity index (χ3n) is 5.96. The molecule has 2 aliphatic heterocycles. The summed E-state index contributed by atoms with van der Waals surface area (Å²) in [7, 11) is -1.48. The Kier molecular flexibility index (Phi) is 5.22. The van der Waals surface area contributed by atoms with Crippen molar-refractivity contribution in [3.63, 3.8) is 0 Å². The fraction of sp³-hybridized carbons (Fsp3) is 0.429. The maximum Gasteiger partial charge on any atom is 0.244 e. The van der Waals surface area contributed by atoms with Crippen LogP contribution in [0.15, 0.2) is 47.5 Å². The van der Waals surface area contributed by atoms with Gasteiger partial charge in [-0.2, -0.15) is 4.31 Å². The fourth-order valence-electron chi connectivity index (χ4n) is 4.20. The van der Waals surface area contributed by atoms with Crippen LogP contribution in [0.4, 0.5) is 5.82 Å². The number of hydrogen-bond acceptors (Lipinski definition) is 7. The highest BCUT2D eigenvalue weighted by Gasteiger charge is 2.31. The Hall–Kier alpha value is -2.07. The van der Waals surface area contributed by atoms with Crippen LogP contribution in [0.5, 0.6) is 0 Å². The molecule has 9 heteroatoms. The van der Waals surface area contributed by atoms with E-state index in [2.05, 4.69) is 20.9 Å². The molecule has 1 unspecified atom stereocenters. The van der Waals surface area contributed by atoms with Crippen molar-refractivity contribution >= 4 is 37.4 Å². The van der Waals surface area contributed by atoms with E-state index in [0.717, 1.165) is 48.8 Å². The third-order valence-corrected chi connectivity index (χ3v) is 8.98. The van der Waals surface area contributed by atoms with E-state index in [0.29, 0.717) is 13.1 Å². The van der Waals surface area contributed by atoms with Crippen LogP contribution in [-0.4, -0.2) is 67.4 Å². The van der Waals surface area contributed by atoms with E-state index < -0.39 is 10.0 Å². The molecule has 2 fully saturated rings. The molecule has 3 aromatic rings. The minimum atomic E-state index is -3.49. The lowest BCUT2D eigenvalue weighted by Gasteiger charge is -2.31. The molecular formula is C21H25N5O2S2. The average Bonchev–Trinajstić information content (AvgIpc) is 3.41. The van der Waals surface area contributed by atoms with E-state index in [4.69, 9.17) is 4.98 Å². The van der Waals surface area contributed by atoms with Crippen molar-refractivity contribution in [2.24, 2.45) is 0 Å². The Balaban J connectivity index is 1.38. The van der Waals surface area contributed by atoms with Crippen LogP contribution in [-0.2, 0) is 10.0 Å². The Bertz CT molecular complexity index is 1100. The second-order valence-electron chi connectivity index (χ2n) is 7.93. The van der Waals surface area contributed by atoms with Gasteiger partial charge in [-0.3, -0.25) is 0 Å². The van der Waals surface area contributed by atoms with Crippen LogP contribution in [0, 0.1) is 0 Å². The van der Waals surface area contributed by atoms with Gasteiger partial charge >= 0.3 is 0 Å². The van der Waals surface area contributed by atoms with E-state index >= 15 is 0 Å². The Morgan fingerprint density at radius 1 is 1.03 bits per heavy atom. The summed E-state index contributed by atoms with van der Waals surface area (Å²) in [5, 5.41) is 1.10. The normalized spacial score (nSPS) is 21.5. The highest BCUT2D eigenvalue weighted by Crippen LogP contribution is 2.38. The SMILES string of the molecule is CN1CCN(S(=O)(=O)c2ccc(N3CCCC3c3nc4ccccc4s3)nc2)CC1. The van der Waals surface area contributed by atoms with Crippen molar-refractivity contribution in [3.8, 4) is 0 Å². The van der Waals surface area contributed by atoms with Crippen molar-refractivity contribution < 1.29 is 8.42 Å². The monoisotopic (exact) mass is 443 g/mol. The summed E-state index contributed by atoms with van der Waals surface area (Å²) in [6.07, 6.45) is 3.61. The van der Waals surface area contributed by atoms with Crippen LogP contribution >= 0.6 is 11.3 Å². The highest BCUT2D eigenvalue weighted by molar-refractivity contribution is 7.89. The Labute approximate surface area is 181 Å². The second-order valence-corrected chi connectivity index (χ2v) is 10.9. The molecule has 0 bridgehead atoms. The molecule has 158 valence electrons. The van der Waals surface area contributed by atoms with Gasteiger partial charge in [0.15, 0.2) is 0 Å². The number of fused-ring (bicyclic) bond motifs is 1. The molecule has 1 atom stereocenters. The fourth-order valence-corrected chi connectivity index (χ4v) is 6.69. The number of pyridine rings is 1. The summed E-state index contributed by atoms with van der Waals surface area (Å²) in [6, 6.07) is 11.9. The summed E-state index contributed by atoms with van der Waals surface area (Å²) < 4.78 is 28.7. The van der Waals surface area contributed by atoms with E-state index in [1.54, 1.807) is 21.7 Å². The van der Waals surface area contributed by atoms with Crippen molar-refractivity contribution in [2.75, 3.05) is 44.7 Å². The van der Waals surface area contributed by atoms with Gasteiger partial charge in [0.2, 0.25) is 10.0 Å². The molecule has 1 aromatic carbocycles. The number of aromatic nitrogens is 2. The maximum absolute atomic E-state index is 13.0. The summed E-state index contributed by atoms with van der Waals surface area (Å²) >= 11 is 1.73. The third kappa shape index (κ3) is 3.60. The predicted molar refractivity (Wildman–Crippen MR) is 119 cm³/mol. The number of hydrogen-bond donors (Lipinski definition) is 0. The minimum Gasteiger partial charge on any atom is -0.347 e. The smallest absolute Gasteiger partial charge is 0.244 e. The second kappa shape index (κ2) is 7.88. The number of likely N-dealkylation sites (N-methyl/N-ethyl adjacent to an activating group) is 1. The lowest BCUT2D eigenvalue weighted by molar-refractivity contribution is 0.222. The Morgan fingerprint density at radius 2 is 1.83 bits per heavy atom. The molecule has 4 heterocycles. The molecule has 5 rings (SSSR count). The first-order valence-electron chi connectivity index (χ1n) is 10.3. The summed E-state index contributed by atoms with van der Waals surface area (Å²) in [5.74, 6) is 0.814. The highest BCUT2D eigenvalue weighted by atomic mass is 32.2. The number of piperazine rings is 1. The van der Waals surface area contributed by atoms with Crippen molar-refractivity contribution in [2.45, 2.75) is 23.8 Å². The van der Waals surface area contributed by atoms with E-state index in [1.807, 2.05) is 31.3 Å². The van der Waals surface area contributed by atoms with Crippen molar-refractivity contribution in [1.29, 1.82) is 0 Å². The van der Waals surface area contributed by atoms with E-state index in [9.17, 15) is 8.42 Å². The number of anilines is 1. The molecule has 2 aliphatic rings. The van der Waals surface area contributed by atoms with Gasteiger partial charge in [-0.1, -0.05) is 12.1 Å². The minimum absolute atomic E-state index is 0.190. The lowest BCUT2D eigenvalue weighted by Crippen LogP contribution is -2.47. The molecule has 30 heavy (non-hydrogen) atoms. The molecule has 0 N–H and O–H groups in total. The van der Waals surface area contributed by atoms with Gasteiger partial charge < -0.3 is 9.80 Å². The summed E-state index contributed by atoms with van der Waals surface area (Å²) in [6.45, 7) is 3.45. The maximum atomic E-state index is 13.0. The molecule has 0 spiro atoms. The van der Waals surface area contributed by atoms with Crippen LogP contribution in [0.2, 0.25) is 0 Å². The zero-order valence-electron chi connectivity index (χ0n) is 16.9. The standard InChI is InChI=1S/C21H25N5O2S2/c1-24-11-13-25(14-12-24)30(27,28)16-8-9-20(22-15-16)26-10-4-6-18(26)21-23-17-5-2-3-7-19(17)29-21/h2-3,5,7-9,15,18H,4,6,10-14H2,1H3. The molecule has 0 radical (unpaired) electrons. The molecule has 0 aliphatic carbocycles. The van der Waals surface area contributed by atoms with Crippen LogP contribution < -0.4 is 4.90 Å². The van der Waals surface area contributed by atoms with Gasteiger partial charge in [0.1, 0.15) is 15.7 Å². The van der Waals surface area contributed by atoms with Gasteiger partial charge in [0.05, 0.1) is 16.3 Å². The molecule has 2 aromatic heterocycles. The number of nitrogens with zero attached hydrogens (tertiary/aromatic N) is 5. The zero-order valence-corrected chi connectivity index (χ0v) is 18.6. The van der Waals surface area contributed by atoms with Gasteiger partial charge in [-0.15, -0.1) is 11.3 Å². The number of para-hydroxylation sites is 1. The molecule has 2 saturated heterocycles. The van der Waals surface area contributed by atoms with Gasteiger partial charge in [0, 0.05) is 38.9 Å². The summed E-state index contributed by atoms with van der Waals surface area (Å²) in [4.78, 5) is 14.1. The lowest BCUT2D eigenvalue weighted by atomic mass is 10.2. The first kappa shape index (κ1) is 19.9. The van der Waals surface area contributed by atoms with Crippen LogP contribution in [0.3, 0.4) is 0 Å². The zero-order chi connectivity index (χ0) is 20.7. The van der Waals surface area contributed by atoms with Gasteiger partial charge in [-0.25, -0.2) is 18.4 Å². The van der Waals surface area contributed by atoms with Crippen LogP contribution in [0.25, 0.3) is 10.2 Å². The Morgan fingerprint density at radius 3 is 2.57 bits per heavy atom.